The number of phenolic OH excluding ortho intramolecular Hbond substituents is 1. The van der Waals surface area contributed by atoms with E-state index in [9.17, 15) is 5.11 Å². The molecule has 82 valence electrons. The van der Waals surface area contributed by atoms with Crippen LogP contribution >= 0.6 is 0 Å². The van der Waals surface area contributed by atoms with E-state index in [-0.39, 0.29) is 0 Å². The van der Waals surface area contributed by atoms with Crippen molar-refractivity contribution in [2.45, 2.75) is 13.5 Å². The van der Waals surface area contributed by atoms with E-state index in [1.165, 1.54) is 0 Å². The van der Waals surface area contributed by atoms with E-state index in [4.69, 9.17) is 5.73 Å². The van der Waals surface area contributed by atoms with Crippen LogP contribution < -0.4 is 5.73 Å². The van der Waals surface area contributed by atoms with Crippen molar-refractivity contribution in [1.82, 2.24) is 0 Å². The van der Waals surface area contributed by atoms with E-state index in [1.807, 2.05) is 43.3 Å². The Hall–Kier alpha value is -1.80. The van der Waals surface area contributed by atoms with E-state index in [0.717, 1.165) is 22.3 Å². The number of phenols is 1. The van der Waals surface area contributed by atoms with Gasteiger partial charge in [-0.3, -0.25) is 0 Å². The fraction of sp³-hybridized carbons (Fsp3) is 0.143. The number of aryl methyl sites for hydroxylation is 1. The molecule has 0 spiro atoms. The molecule has 0 heterocycles. The second kappa shape index (κ2) is 4.37. The van der Waals surface area contributed by atoms with E-state index >= 15 is 0 Å². The molecule has 16 heavy (non-hydrogen) atoms. The summed E-state index contributed by atoms with van der Waals surface area (Å²) >= 11 is 0. The molecule has 2 rings (SSSR count). The van der Waals surface area contributed by atoms with Crippen LogP contribution in [0, 0.1) is 6.92 Å². The van der Waals surface area contributed by atoms with E-state index in [2.05, 4.69) is 0 Å². The first kappa shape index (κ1) is 10.7. The number of hydrogen-bond acceptors (Lipinski definition) is 2. The van der Waals surface area contributed by atoms with Gasteiger partial charge in [0.25, 0.3) is 0 Å². The normalized spacial score (nSPS) is 10.4. The molecular weight excluding hydrogens is 198 g/mol. The summed E-state index contributed by atoms with van der Waals surface area (Å²) in [5, 5.41) is 9.69. The highest BCUT2D eigenvalue weighted by atomic mass is 16.3. The molecule has 0 radical (unpaired) electrons. The highest BCUT2D eigenvalue weighted by Crippen LogP contribution is 2.28. The summed E-state index contributed by atoms with van der Waals surface area (Å²) in [6, 6.07) is 13.7. The molecule has 0 fully saturated rings. The second-order valence-electron chi connectivity index (χ2n) is 3.86. The molecule has 2 aromatic carbocycles. The summed E-state index contributed by atoms with van der Waals surface area (Å²) in [5.74, 6) is 0.323. The maximum atomic E-state index is 9.69. The van der Waals surface area contributed by atoms with Gasteiger partial charge in [-0.15, -0.1) is 0 Å². The van der Waals surface area contributed by atoms with Crippen molar-refractivity contribution in [3.63, 3.8) is 0 Å². The largest absolute Gasteiger partial charge is 0.508 e. The first-order valence-corrected chi connectivity index (χ1v) is 5.30. The third-order valence-electron chi connectivity index (χ3n) is 2.76. The van der Waals surface area contributed by atoms with Crippen LogP contribution in [-0.2, 0) is 6.54 Å². The molecule has 2 heteroatoms. The van der Waals surface area contributed by atoms with Crippen molar-refractivity contribution in [2.75, 3.05) is 0 Å². The van der Waals surface area contributed by atoms with Gasteiger partial charge in [0.2, 0.25) is 0 Å². The standard InChI is InChI=1S/C14H15NO/c1-10-6-7-11(8-14(10)16)13-5-3-2-4-12(13)9-15/h2-8,16H,9,15H2,1H3. The SMILES string of the molecule is Cc1ccc(-c2ccccc2CN)cc1O. The van der Waals surface area contributed by atoms with Crippen molar-refractivity contribution >= 4 is 0 Å². The molecule has 3 N–H and O–H groups in total. The third kappa shape index (κ3) is 1.92. The van der Waals surface area contributed by atoms with Gasteiger partial charge < -0.3 is 10.8 Å². The zero-order valence-corrected chi connectivity index (χ0v) is 9.27. The quantitative estimate of drug-likeness (QED) is 0.805. The van der Waals surface area contributed by atoms with Crippen LogP contribution in [0.3, 0.4) is 0 Å². The Morgan fingerprint density at radius 1 is 1.12 bits per heavy atom. The van der Waals surface area contributed by atoms with Crippen molar-refractivity contribution < 1.29 is 5.11 Å². The predicted molar refractivity (Wildman–Crippen MR) is 66.2 cm³/mol. The smallest absolute Gasteiger partial charge is 0.119 e. The monoisotopic (exact) mass is 213 g/mol. The highest BCUT2D eigenvalue weighted by molar-refractivity contribution is 5.69. The van der Waals surface area contributed by atoms with E-state index in [1.54, 1.807) is 6.07 Å². The molecule has 0 saturated heterocycles. The second-order valence-corrected chi connectivity index (χ2v) is 3.86. The maximum Gasteiger partial charge on any atom is 0.119 e. The van der Waals surface area contributed by atoms with Crippen LogP contribution in [0.1, 0.15) is 11.1 Å². The van der Waals surface area contributed by atoms with E-state index in [0.29, 0.717) is 12.3 Å². The number of benzene rings is 2. The van der Waals surface area contributed by atoms with Crippen LogP contribution in [-0.4, -0.2) is 5.11 Å². The van der Waals surface area contributed by atoms with Crippen molar-refractivity contribution in [1.29, 1.82) is 0 Å². The average molecular weight is 213 g/mol. The summed E-state index contributed by atoms with van der Waals surface area (Å²) in [5.41, 5.74) is 9.75. The van der Waals surface area contributed by atoms with Crippen LogP contribution in [0.2, 0.25) is 0 Å². The Balaban J connectivity index is 2.54. The highest BCUT2D eigenvalue weighted by Gasteiger charge is 2.04. The molecule has 0 aliphatic heterocycles. The Morgan fingerprint density at radius 3 is 2.56 bits per heavy atom. The van der Waals surface area contributed by atoms with Gasteiger partial charge in [0.05, 0.1) is 0 Å². The lowest BCUT2D eigenvalue weighted by atomic mass is 9.98. The fourth-order valence-corrected chi connectivity index (χ4v) is 1.76. The number of rotatable bonds is 2. The first-order valence-electron chi connectivity index (χ1n) is 5.30. The first-order chi connectivity index (χ1) is 7.72. The minimum Gasteiger partial charge on any atom is -0.508 e. The molecule has 2 aromatic rings. The van der Waals surface area contributed by atoms with Gasteiger partial charge in [-0.1, -0.05) is 36.4 Å². The number of hydrogen-bond donors (Lipinski definition) is 2. The van der Waals surface area contributed by atoms with Gasteiger partial charge in [0.1, 0.15) is 5.75 Å². The Morgan fingerprint density at radius 2 is 1.88 bits per heavy atom. The lowest BCUT2D eigenvalue weighted by Gasteiger charge is -2.09. The molecule has 2 nitrogen and oxygen atoms in total. The Labute approximate surface area is 95.4 Å². The zero-order chi connectivity index (χ0) is 11.5. The predicted octanol–water partition coefficient (Wildman–Crippen LogP) is 2.83. The van der Waals surface area contributed by atoms with Gasteiger partial charge in [-0.25, -0.2) is 0 Å². The number of aromatic hydroxyl groups is 1. The minimum atomic E-state index is 0.323. The summed E-state index contributed by atoms with van der Waals surface area (Å²) in [6.45, 7) is 2.39. The van der Waals surface area contributed by atoms with Crippen LogP contribution in [0.15, 0.2) is 42.5 Å². The summed E-state index contributed by atoms with van der Waals surface area (Å²) in [4.78, 5) is 0. The minimum absolute atomic E-state index is 0.323. The fourth-order valence-electron chi connectivity index (χ4n) is 1.76. The Kier molecular flexibility index (Phi) is 2.93. The van der Waals surface area contributed by atoms with Crippen molar-refractivity contribution in [2.24, 2.45) is 5.73 Å². The van der Waals surface area contributed by atoms with Gasteiger partial charge in [0.15, 0.2) is 0 Å². The summed E-state index contributed by atoms with van der Waals surface area (Å²) in [6.07, 6.45) is 0. The molecule has 0 amide bonds. The Bertz CT molecular complexity index is 506. The molecule has 0 unspecified atom stereocenters. The van der Waals surface area contributed by atoms with Gasteiger partial charge in [0, 0.05) is 6.54 Å². The summed E-state index contributed by atoms with van der Waals surface area (Å²) < 4.78 is 0. The van der Waals surface area contributed by atoms with Crippen molar-refractivity contribution in [3.05, 3.63) is 53.6 Å². The zero-order valence-electron chi connectivity index (χ0n) is 9.27. The van der Waals surface area contributed by atoms with Crippen LogP contribution in [0.5, 0.6) is 5.75 Å². The molecule has 0 aliphatic rings. The molecule has 0 atom stereocenters. The average Bonchev–Trinajstić information content (AvgIpc) is 2.32. The number of nitrogens with two attached hydrogens (primary N) is 1. The lowest BCUT2D eigenvalue weighted by Crippen LogP contribution is -1.98. The van der Waals surface area contributed by atoms with Crippen molar-refractivity contribution in [3.8, 4) is 16.9 Å². The topological polar surface area (TPSA) is 46.2 Å². The van der Waals surface area contributed by atoms with E-state index < -0.39 is 0 Å². The molecule has 0 aromatic heterocycles. The van der Waals surface area contributed by atoms with Crippen LogP contribution in [0.4, 0.5) is 0 Å². The third-order valence-corrected chi connectivity index (χ3v) is 2.76. The summed E-state index contributed by atoms with van der Waals surface area (Å²) in [7, 11) is 0. The molecule has 0 bridgehead atoms. The van der Waals surface area contributed by atoms with Crippen LogP contribution in [0.25, 0.3) is 11.1 Å². The maximum absolute atomic E-state index is 9.69. The molecule has 0 saturated carbocycles. The van der Waals surface area contributed by atoms with Gasteiger partial charge >= 0.3 is 0 Å². The van der Waals surface area contributed by atoms with Gasteiger partial charge in [-0.2, -0.15) is 0 Å². The van der Waals surface area contributed by atoms with Gasteiger partial charge in [-0.05, 0) is 35.2 Å². The molecule has 0 aliphatic carbocycles. The lowest BCUT2D eigenvalue weighted by molar-refractivity contribution is 0.471. The molecular formula is C14H15NO.